The van der Waals surface area contributed by atoms with E-state index in [0.29, 0.717) is 19.6 Å². The number of rotatable bonds is 11. The van der Waals surface area contributed by atoms with Crippen molar-refractivity contribution < 1.29 is 23.9 Å². The molecule has 0 radical (unpaired) electrons. The maximum atomic E-state index is 13.0. The molecule has 0 aromatic carbocycles. The van der Waals surface area contributed by atoms with Crippen LogP contribution in [0.3, 0.4) is 0 Å². The SMILES string of the molecule is CCOC(=O)CCCCCCCN(C(=O)n1ccnc1)C1CCC(C(=O)OC)CC1. The average Bonchev–Trinajstić information content (AvgIpc) is 3.30. The summed E-state index contributed by atoms with van der Waals surface area (Å²) in [4.78, 5) is 42.1. The van der Waals surface area contributed by atoms with E-state index in [0.717, 1.165) is 57.8 Å². The largest absolute Gasteiger partial charge is 0.469 e. The predicted molar refractivity (Wildman–Crippen MR) is 112 cm³/mol. The van der Waals surface area contributed by atoms with E-state index in [2.05, 4.69) is 4.98 Å². The van der Waals surface area contributed by atoms with Crippen molar-refractivity contribution in [1.29, 1.82) is 0 Å². The maximum absolute atomic E-state index is 13.0. The van der Waals surface area contributed by atoms with E-state index in [9.17, 15) is 14.4 Å². The molecule has 0 atom stereocenters. The zero-order valence-electron chi connectivity index (χ0n) is 18.3. The molecule has 0 bridgehead atoms. The van der Waals surface area contributed by atoms with Gasteiger partial charge in [-0.05, 0) is 45.4 Å². The molecule has 8 heteroatoms. The van der Waals surface area contributed by atoms with Crippen LogP contribution in [0, 0.1) is 5.92 Å². The number of hydrogen-bond acceptors (Lipinski definition) is 6. The molecule has 1 aliphatic rings. The second kappa shape index (κ2) is 13.0. The fourth-order valence-electron chi connectivity index (χ4n) is 4.06. The Balaban J connectivity index is 1.79. The lowest BCUT2D eigenvalue weighted by atomic mass is 9.85. The lowest BCUT2D eigenvalue weighted by molar-refractivity contribution is -0.147. The van der Waals surface area contributed by atoms with Gasteiger partial charge < -0.3 is 14.4 Å². The Morgan fingerprint density at radius 2 is 1.77 bits per heavy atom. The highest BCUT2D eigenvalue weighted by Gasteiger charge is 2.32. The van der Waals surface area contributed by atoms with Gasteiger partial charge >= 0.3 is 18.0 Å². The molecule has 0 aliphatic heterocycles. The lowest BCUT2D eigenvalue weighted by Gasteiger charge is -2.36. The molecule has 168 valence electrons. The zero-order valence-corrected chi connectivity index (χ0v) is 18.3. The number of aromatic nitrogens is 2. The van der Waals surface area contributed by atoms with E-state index in [-0.39, 0.29) is 29.9 Å². The molecule has 2 rings (SSSR count). The first-order valence-corrected chi connectivity index (χ1v) is 11.1. The molecule has 1 saturated carbocycles. The van der Waals surface area contributed by atoms with Gasteiger partial charge in [0.25, 0.3) is 0 Å². The van der Waals surface area contributed by atoms with Crippen molar-refractivity contribution in [2.24, 2.45) is 5.92 Å². The Kier molecular flexibility index (Phi) is 10.4. The molecule has 30 heavy (non-hydrogen) atoms. The number of unbranched alkanes of at least 4 members (excludes halogenated alkanes) is 4. The number of ether oxygens (including phenoxy) is 2. The number of esters is 2. The van der Waals surface area contributed by atoms with Crippen molar-refractivity contribution in [3.63, 3.8) is 0 Å². The third-order valence-electron chi connectivity index (χ3n) is 5.73. The molecule has 0 saturated heterocycles. The van der Waals surface area contributed by atoms with E-state index in [1.54, 1.807) is 12.4 Å². The van der Waals surface area contributed by atoms with Crippen LogP contribution in [-0.4, -0.2) is 58.7 Å². The van der Waals surface area contributed by atoms with E-state index in [1.807, 2.05) is 11.8 Å². The Morgan fingerprint density at radius 1 is 1.07 bits per heavy atom. The van der Waals surface area contributed by atoms with Gasteiger partial charge in [-0.25, -0.2) is 9.78 Å². The van der Waals surface area contributed by atoms with Crippen LogP contribution in [0.15, 0.2) is 18.7 Å². The number of nitrogens with zero attached hydrogens (tertiary/aromatic N) is 3. The average molecular weight is 422 g/mol. The van der Waals surface area contributed by atoms with Gasteiger partial charge in [0.15, 0.2) is 0 Å². The van der Waals surface area contributed by atoms with Crippen LogP contribution in [-0.2, 0) is 19.1 Å². The van der Waals surface area contributed by atoms with Crippen molar-refractivity contribution in [2.75, 3.05) is 20.3 Å². The summed E-state index contributed by atoms with van der Waals surface area (Å²) < 4.78 is 11.3. The van der Waals surface area contributed by atoms with Crippen LogP contribution in [0.5, 0.6) is 0 Å². The van der Waals surface area contributed by atoms with Crippen molar-refractivity contribution in [3.8, 4) is 0 Å². The molecular formula is C22H35N3O5. The Bertz CT molecular complexity index is 654. The predicted octanol–water partition coefficient (Wildman–Crippen LogP) is 3.79. The Hall–Kier alpha value is -2.38. The minimum absolute atomic E-state index is 0.0590. The van der Waals surface area contributed by atoms with Gasteiger partial charge in [0.05, 0.1) is 19.6 Å². The molecule has 1 aliphatic carbocycles. The second-order valence-electron chi connectivity index (χ2n) is 7.80. The molecule has 1 heterocycles. The van der Waals surface area contributed by atoms with Crippen molar-refractivity contribution in [2.45, 2.75) is 77.2 Å². The van der Waals surface area contributed by atoms with Gasteiger partial charge in [-0.1, -0.05) is 19.3 Å². The summed E-state index contributed by atoms with van der Waals surface area (Å²) in [6, 6.07) is 0.0703. The second-order valence-corrected chi connectivity index (χ2v) is 7.80. The molecule has 1 aromatic rings. The van der Waals surface area contributed by atoms with Crippen LogP contribution >= 0.6 is 0 Å². The van der Waals surface area contributed by atoms with Crippen LogP contribution < -0.4 is 0 Å². The standard InChI is InChI=1S/C22H35N3O5/c1-3-30-20(26)9-7-5-4-6-8-15-25(22(28)24-16-14-23-17-24)19-12-10-18(11-13-19)21(27)29-2/h14,16-19H,3-13,15H2,1-2H3. The highest BCUT2D eigenvalue weighted by atomic mass is 16.5. The fourth-order valence-corrected chi connectivity index (χ4v) is 4.06. The van der Waals surface area contributed by atoms with E-state index < -0.39 is 0 Å². The first kappa shape index (κ1) is 23.9. The molecule has 1 amide bonds. The van der Waals surface area contributed by atoms with Gasteiger partial charge in [-0.15, -0.1) is 0 Å². The minimum atomic E-state index is -0.149. The summed E-state index contributed by atoms with van der Waals surface area (Å²) in [6.07, 6.45) is 13.2. The number of imidazole rings is 1. The topological polar surface area (TPSA) is 90.7 Å². The van der Waals surface area contributed by atoms with Gasteiger partial charge in [-0.3, -0.25) is 14.2 Å². The number of carbonyl (C=O) groups excluding carboxylic acids is 3. The maximum Gasteiger partial charge on any atom is 0.329 e. The quantitative estimate of drug-likeness (QED) is 0.399. The first-order valence-electron chi connectivity index (χ1n) is 11.1. The highest BCUT2D eigenvalue weighted by Crippen LogP contribution is 2.29. The summed E-state index contributed by atoms with van der Waals surface area (Å²) in [5.74, 6) is -0.336. The summed E-state index contributed by atoms with van der Waals surface area (Å²) in [5, 5.41) is 0. The van der Waals surface area contributed by atoms with Gasteiger partial charge in [-0.2, -0.15) is 0 Å². The molecule has 0 unspecified atom stereocenters. The highest BCUT2D eigenvalue weighted by molar-refractivity contribution is 5.77. The summed E-state index contributed by atoms with van der Waals surface area (Å²) in [5.41, 5.74) is 0. The summed E-state index contributed by atoms with van der Waals surface area (Å²) in [6.45, 7) is 2.93. The summed E-state index contributed by atoms with van der Waals surface area (Å²) in [7, 11) is 1.43. The first-order chi connectivity index (χ1) is 14.6. The molecule has 0 N–H and O–H groups in total. The van der Waals surface area contributed by atoms with E-state index in [4.69, 9.17) is 9.47 Å². The van der Waals surface area contributed by atoms with Crippen molar-refractivity contribution in [3.05, 3.63) is 18.7 Å². The molecular weight excluding hydrogens is 386 g/mol. The van der Waals surface area contributed by atoms with Crippen molar-refractivity contribution >= 4 is 18.0 Å². The molecule has 8 nitrogen and oxygen atoms in total. The number of hydrogen-bond donors (Lipinski definition) is 0. The fraction of sp³-hybridized carbons (Fsp3) is 0.727. The van der Waals surface area contributed by atoms with E-state index >= 15 is 0 Å². The molecule has 0 spiro atoms. The zero-order chi connectivity index (χ0) is 21.8. The number of amides is 1. The van der Waals surface area contributed by atoms with Gasteiger partial charge in [0.2, 0.25) is 0 Å². The van der Waals surface area contributed by atoms with Gasteiger partial charge in [0.1, 0.15) is 6.33 Å². The van der Waals surface area contributed by atoms with Crippen molar-refractivity contribution in [1.82, 2.24) is 14.5 Å². The van der Waals surface area contributed by atoms with E-state index in [1.165, 1.54) is 18.0 Å². The third-order valence-corrected chi connectivity index (χ3v) is 5.73. The van der Waals surface area contributed by atoms with Crippen LogP contribution in [0.25, 0.3) is 0 Å². The smallest absolute Gasteiger partial charge is 0.329 e. The Morgan fingerprint density at radius 3 is 2.40 bits per heavy atom. The Labute approximate surface area is 178 Å². The monoisotopic (exact) mass is 421 g/mol. The lowest BCUT2D eigenvalue weighted by Crippen LogP contribution is -2.45. The molecule has 1 aromatic heterocycles. The summed E-state index contributed by atoms with van der Waals surface area (Å²) >= 11 is 0. The van der Waals surface area contributed by atoms with Crippen LogP contribution in [0.1, 0.15) is 71.1 Å². The van der Waals surface area contributed by atoms with Crippen LogP contribution in [0.2, 0.25) is 0 Å². The van der Waals surface area contributed by atoms with Gasteiger partial charge in [0, 0.05) is 31.4 Å². The number of methoxy groups -OCH3 is 1. The van der Waals surface area contributed by atoms with Crippen LogP contribution in [0.4, 0.5) is 4.79 Å². The normalized spacial score (nSPS) is 18.6. The minimum Gasteiger partial charge on any atom is -0.469 e. The number of carbonyl (C=O) groups is 3. The third kappa shape index (κ3) is 7.46. The molecule has 1 fully saturated rings.